The Hall–Kier alpha value is -3.20. The molecule has 148 valence electrons. The first-order valence-corrected chi connectivity index (χ1v) is 10.1. The second-order valence-electron chi connectivity index (χ2n) is 7.37. The van der Waals surface area contributed by atoms with Crippen molar-refractivity contribution in [2.45, 2.75) is 12.8 Å². The standard InChI is InChI=1S/C20H20N6O2S/c1-23-14-6-5-11(9-15(14)24(2)20(23)28)18(27)25(3)19-22-17-12-10-21-26(4)13(12)7-8-16(17)29-19/h5-6,9-10H,7-8H2,1-4H3. The largest absolute Gasteiger partial charge is 0.328 e. The number of rotatable bonds is 2. The number of carbonyl (C=O) groups excluding carboxylic acids is 1. The summed E-state index contributed by atoms with van der Waals surface area (Å²) in [4.78, 5) is 32.8. The predicted octanol–water partition coefficient (Wildman–Crippen LogP) is 2.11. The van der Waals surface area contributed by atoms with Gasteiger partial charge in [-0.1, -0.05) is 0 Å². The summed E-state index contributed by atoms with van der Waals surface area (Å²) in [6.45, 7) is 0. The fraction of sp³-hybridized carbons (Fsp3) is 0.300. The summed E-state index contributed by atoms with van der Waals surface area (Å²) in [6, 6.07) is 5.34. The zero-order valence-electron chi connectivity index (χ0n) is 16.6. The smallest absolute Gasteiger partial charge is 0.295 e. The summed E-state index contributed by atoms with van der Waals surface area (Å²) in [7, 11) is 7.12. The Morgan fingerprint density at radius 3 is 2.69 bits per heavy atom. The van der Waals surface area contributed by atoms with Crippen LogP contribution in [0.2, 0.25) is 0 Å². The number of nitrogens with zero attached hydrogens (tertiary/aromatic N) is 6. The number of aromatic nitrogens is 5. The maximum absolute atomic E-state index is 13.1. The molecule has 0 fully saturated rings. The molecule has 0 bridgehead atoms. The van der Waals surface area contributed by atoms with E-state index in [1.807, 2.05) is 24.0 Å². The van der Waals surface area contributed by atoms with Gasteiger partial charge in [0.05, 0.1) is 22.9 Å². The summed E-state index contributed by atoms with van der Waals surface area (Å²) in [5.74, 6) is -0.152. The molecule has 0 aliphatic heterocycles. The zero-order chi connectivity index (χ0) is 20.4. The van der Waals surface area contributed by atoms with E-state index in [0.717, 1.165) is 35.1 Å². The summed E-state index contributed by atoms with van der Waals surface area (Å²) >= 11 is 1.55. The highest BCUT2D eigenvalue weighted by atomic mass is 32.1. The number of fused-ring (bicyclic) bond motifs is 4. The van der Waals surface area contributed by atoms with Gasteiger partial charge in [-0.3, -0.25) is 23.5 Å². The number of amides is 1. The normalized spacial score (nSPS) is 12.8. The van der Waals surface area contributed by atoms with Gasteiger partial charge >= 0.3 is 5.69 Å². The van der Waals surface area contributed by atoms with Gasteiger partial charge in [-0.05, 0) is 31.0 Å². The van der Waals surface area contributed by atoms with E-state index in [-0.39, 0.29) is 11.6 Å². The number of anilines is 1. The lowest BCUT2D eigenvalue weighted by Gasteiger charge is -2.14. The van der Waals surface area contributed by atoms with E-state index >= 15 is 0 Å². The molecule has 8 nitrogen and oxygen atoms in total. The van der Waals surface area contributed by atoms with E-state index in [0.29, 0.717) is 10.7 Å². The van der Waals surface area contributed by atoms with Gasteiger partial charge in [0.1, 0.15) is 0 Å². The van der Waals surface area contributed by atoms with E-state index < -0.39 is 0 Å². The Morgan fingerprint density at radius 2 is 1.90 bits per heavy atom. The number of imidazole rings is 1. The van der Waals surface area contributed by atoms with Crippen LogP contribution < -0.4 is 10.6 Å². The summed E-state index contributed by atoms with van der Waals surface area (Å²) in [5.41, 5.74) is 5.10. The number of thiazole rings is 1. The topological polar surface area (TPSA) is 78.0 Å². The van der Waals surface area contributed by atoms with Crippen LogP contribution in [0.25, 0.3) is 22.3 Å². The molecule has 0 atom stereocenters. The number of benzene rings is 1. The van der Waals surface area contributed by atoms with Crippen molar-refractivity contribution in [2.24, 2.45) is 21.1 Å². The lowest BCUT2D eigenvalue weighted by atomic mass is 10.0. The van der Waals surface area contributed by atoms with Crippen LogP contribution in [0, 0.1) is 0 Å². The molecule has 0 saturated heterocycles. The number of carbonyl (C=O) groups is 1. The highest BCUT2D eigenvalue weighted by Crippen LogP contribution is 2.39. The molecular formula is C20H20N6O2S. The van der Waals surface area contributed by atoms with Crippen molar-refractivity contribution < 1.29 is 4.79 Å². The molecule has 0 spiro atoms. The van der Waals surface area contributed by atoms with Crippen LogP contribution >= 0.6 is 11.3 Å². The fourth-order valence-corrected chi connectivity index (χ4v) is 5.01. The van der Waals surface area contributed by atoms with Crippen molar-refractivity contribution in [1.29, 1.82) is 0 Å². The molecule has 1 aromatic carbocycles. The van der Waals surface area contributed by atoms with Crippen molar-refractivity contribution in [2.75, 3.05) is 11.9 Å². The molecule has 0 radical (unpaired) electrons. The van der Waals surface area contributed by atoms with E-state index in [9.17, 15) is 9.59 Å². The van der Waals surface area contributed by atoms with E-state index in [1.54, 1.807) is 58.6 Å². The number of hydrogen-bond acceptors (Lipinski definition) is 5. The summed E-state index contributed by atoms with van der Waals surface area (Å²) in [5, 5.41) is 5.02. The molecule has 3 heterocycles. The highest BCUT2D eigenvalue weighted by molar-refractivity contribution is 7.16. The van der Waals surface area contributed by atoms with Crippen LogP contribution in [0.5, 0.6) is 0 Å². The molecule has 4 aromatic rings. The molecule has 1 aliphatic rings. The predicted molar refractivity (Wildman–Crippen MR) is 113 cm³/mol. The third-order valence-corrected chi connectivity index (χ3v) is 6.89. The van der Waals surface area contributed by atoms with Gasteiger partial charge in [-0.2, -0.15) is 5.10 Å². The van der Waals surface area contributed by atoms with Crippen molar-refractivity contribution >= 4 is 33.4 Å². The first-order valence-electron chi connectivity index (χ1n) is 9.31. The van der Waals surface area contributed by atoms with Gasteiger partial charge in [0.2, 0.25) is 0 Å². The molecule has 0 N–H and O–H groups in total. The SMILES string of the molecule is CN(C(=O)c1ccc2c(c1)n(C)c(=O)n2C)c1nc2c(s1)CCc1c-2cnn1C. The summed E-state index contributed by atoms with van der Waals surface area (Å²) in [6.07, 6.45) is 3.68. The van der Waals surface area contributed by atoms with E-state index in [1.165, 1.54) is 10.6 Å². The van der Waals surface area contributed by atoms with Crippen LogP contribution in [0.15, 0.2) is 29.2 Å². The van der Waals surface area contributed by atoms with Crippen LogP contribution in [-0.2, 0) is 34.0 Å². The van der Waals surface area contributed by atoms with Crippen LogP contribution in [0.4, 0.5) is 5.13 Å². The molecule has 1 amide bonds. The first kappa shape index (κ1) is 17.9. The van der Waals surface area contributed by atoms with Gasteiger partial charge in [0.15, 0.2) is 5.13 Å². The molecule has 0 saturated carbocycles. The van der Waals surface area contributed by atoms with Gasteiger partial charge in [0, 0.05) is 49.9 Å². The van der Waals surface area contributed by atoms with E-state index in [2.05, 4.69) is 5.10 Å². The molecule has 29 heavy (non-hydrogen) atoms. The molecule has 0 unspecified atom stereocenters. The Balaban J connectivity index is 1.52. The molecule has 9 heteroatoms. The molecule has 1 aliphatic carbocycles. The quantitative estimate of drug-likeness (QED) is 0.509. The van der Waals surface area contributed by atoms with Gasteiger partial charge < -0.3 is 0 Å². The van der Waals surface area contributed by atoms with E-state index in [4.69, 9.17) is 4.98 Å². The average Bonchev–Trinajstić information content (AvgIpc) is 3.39. The zero-order valence-corrected chi connectivity index (χ0v) is 17.4. The molecule has 5 rings (SSSR count). The minimum atomic E-state index is -0.152. The van der Waals surface area contributed by atoms with Gasteiger partial charge in [0.25, 0.3) is 5.91 Å². The molecule has 3 aromatic heterocycles. The Bertz CT molecular complexity index is 1360. The Kier molecular flexibility index (Phi) is 3.79. The van der Waals surface area contributed by atoms with Crippen LogP contribution in [0.1, 0.15) is 20.9 Å². The number of hydrogen-bond donors (Lipinski definition) is 0. The van der Waals surface area contributed by atoms with Gasteiger partial charge in [-0.15, -0.1) is 11.3 Å². The second kappa shape index (κ2) is 6.15. The maximum Gasteiger partial charge on any atom is 0.328 e. The van der Waals surface area contributed by atoms with Crippen LogP contribution in [-0.4, -0.2) is 36.9 Å². The minimum Gasteiger partial charge on any atom is -0.295 e. The Morgan fingerprint density at radius 1 is 1.14 bits per heavy atom. The fourth-order valence-electron chi connectivity index (χ4n) is 3.97. The van der Waals surface area contributed by atoms with Crippen molar-refractivity contribution in [3.63, 3.8) is 0 Å². The highest BCUT2D eigenvalue weighted by Gasteiger charge is 2.26. The maximum atomic E-state index is 13.1. The minimum absolute atomic E-state index is 0.113. The second-order valence-corrected chi connectivity index (χ2v) is 8.43. The lowest BCUT2D eigenvalue weighted by Crippen LogP contribution is -2.26. The van der Waals surface area contributed by atoms with Crippen molar-refractivity contribution in [3.8, 4) is 11.3 Å². The monoisotopic (exact) mass is 408 g/mol. The average molecular weight is 408 g/mol. The third-order valence-electron chi connectivity index (χ3n) is 5.70. The van der Waals surface area contributed by atoms with Crippen LogP contribution in [0.3, 0.4) is 0 Å². The third kappa shape index (κ3) is 2.50. The lowest BCUT2D eigenvalue weighted by molar-refractivity contribution is 0.0993. The Labute approximate surface area is 170 Å². The van der Waals surface area contributed by atoms with Gasteiger partial charge in [-0.25, -0.2) is 9.78 Å². The molecular weight excluding hydrogens is 388 g/mol. The number of aryl methyl sites for hydroxylation is 4. The summed E-state index contributed by atoms with van der Waals surface area (Å²) < 4.78 is 5.03. The van der Waals surface area contributed by atoms with Crippen molar-refractivity contribution in [3.05, 3.63) is 51.0 Å². The van der Waals surface area contributed by atoms with Crippen molar-refractivity contribution in [1.82, 2.24) is 23.9 Å². The first-order chi connectivity index (χ1) is 13.9.